The maximum Gasteiger partial charge on any atom is 0.244 e. The summed E-state index contributed by atoms with van der Waals surface area (Å²) in [4.78, 5) is 4.32. The van der Waals surface area contributed by atoms with E-state index in [0.717, 1.165) is 11.1 Å². The summed E-state index contributed by atoms with van der Waals surface area (Å²) in [6, 6.07) is 7.53. The Morgan fingerprint density at radius 3 is 2.25 bits per heavy atom. The first kappa shape index (κ1) is 18.9. The highest BCUT2D eigenvalue weighted by molar-refractivity contribution is 5.85. The molecular formula is C13H20Cl2N4O. The molecule has 0 bridgehead atoms. The van der Waals surface area contributed by atoms with Crippen molar-refractivity contribution < 1.29 is 4.52 Å². The van der Waals surface area contributed by atoms with Gasteiger partial charge in [0.2, 0.25) is 11.7 Å². The summed E-state index contributed by atoms with van der Waals surface area (Å²) >= 11 is 0. The zero-order chi connectivity index (χ0) is 13.1. The molecule has 1 heterocycles. The molecule has 0 spiro atoms. The third-order valence-electron chi connectivity index (χ3n) is 2.89. The molecule has 0 fully saturated rings. The Bertz CT molecular complexity index is 513. The number of hydrogen-bond acceptors (Lipinski definition) is 5. The van der Waals surface area contributed by atoms with E-state index in [4.69, 9.17) is 16.0 Å². The number of nitrogens with zero attached hydrogens (tertiary/aromatic N) is 2. The van der Waals surface area contributed by atoms with Crippen LogP contribution in [0.2, 0.25) is 0 Å². The molecule has 1 aromatic carbocycles. The zero-order valence-electron chi connectivity index (χ0n) is 11.4. The lowest BCUT2D eigenvalue weighted by molar-refractivity contribution is 0.325. The maximum atomic E-state index is 5.96. The van der Waals surface area contributed by atoms with Crippen LogP contribution in [0, 0.1) is 5.92 Å². The van der Waals surface area contributed by atoms with Crippen LogP contribution in [0.5, 0.6) is 0 Å². The van der Waals surface area contributed by atoms with Gasteiger partial charge in [-0.3, -0.25) is 0 Å². The first-order valence-electron chi connectivity index (χ1n) is 6.00. The Balaban J connectivity index is 0.00000180. The largest absolute Gasteiger partial charge is 0.337 e. The van der Waals surface area contributed by atoms with Crippen LogP contribution in [0.4, 0.5) is 0 Å². The lowest BCUT2D eigenvalue weighted by Gasteiger charge is -2.09. The van der Waals surface area contributed by atoms with E-state index in [1.54, 1.807) is 0 Å². The number of benzene rings is 1. The lowest BCUT2D eigenvalue weighted by Crippen LogP contribution is -2.16. The van der Waals surface area contributed by atoms with Crippen molar-refractivity contribution in [1.29, 1.82) is 0 Å². The van der Waals surface area contributed by atoms with Gasteiger partial charge < -0.3 is 16.0 Å². The van der Waals surface area contributed by atoms with E-state index in [-0.39, 0.29) is 36.8 Å². The van der Waals surface area contributed by atoms with Gasteiger partial charge in [0.1, 0.15) is 0 Å². The first-order chi connectivity index (χ1) is 8.61. The second kappa shape index (κ2) is 8.21. The fraction of sp³-hybridized carbons (Fsp3) is 0.385. The molecule has 4 N–H and O–H groups in total. The normalized spacial score (nSPS) is 11.7. The quantitative estimate of drug-likeness (QED) is 0.904. The van der Waals surface area contributed by atoms with Gasteiger partial charge in [0.15, 0.2) is 0 Å². The second-order valence-corrected chi connectivity index (χ2v) is 4.63. The Kier molecular flexibility index (Phi) is 7.75. The number of rotatable bonds is 4. The van der Waals surface area contributed by atoms with Crippen molar-refractivity contribution in [3.63, 3.8) is 0 Å². The van der Waals surface area contributed by atoms with E-state index in [9.17, 15) is 0 Å². The number of halogens is 2. The van der Waals surface area contributed by atoms with Crippen molar-refractivity contribution in [1.82, 2.24) is 10.1 Å². The average molecular weight is 319 g/mol. The molecule has 2 aromatic rings. The van der Waals surface area contributed by atoms with E-state index in [0.29, 0.717) is 18.3 Å². The molecule has 0 aliphatic rings. The number of hydrogen-bond donors (Lipinski definition) is 2. The van der Waals surface area contributed by atoms with E-state index in [1.807, 2.05) is 38.1 Å². The molecule has 0 aliphatic carbocycles. The third kappa shape index (κ3) is 4.18. The first-order valence-corrected chi connectivity index (χ1v) is 6.00. The van der Waals surface area contributed by atoms with E-state index in [2.05, 4.69) is 10.1 Å². The molecule has 1 aromatic heterocycles. The maximum absolute atomic E-state index is 5.96. The molecule has 20 heavy (non-hydrogen) atoms. The van der Waals surface area contributed by atoms with Crippen LogP contribution in [0.3, 0.4) is 0 Å². The Labute approximate surface area is 130 Å². The molecule has 0 saturated carbocycles. The molecule has 1 unspecified atom stereocenters. The topological polar surface area (TPSA) is 91.0 Å². The van der Waals surface area contributed by atoms with Crippen LogP contribution in [0.15, 0.2) is 28.8 Å². The van der Waals surface area contributed by atoms with E-state index >= 15 is 0 Å². The summed E-state index contributed by atoms with van der Waals surface area (Å²) in [7, 11) is 0. The van der Waals surface area contributed by atoms with Crippen molar-refractivity contribution in [2.24, 2.45) is 17.4 Å². The van der Waals surface area contributed by atoms with E-state index in [1.165, 1.54) is 0 Å². The van der Waals surface area contributed by atoms with Crippen LogP contribution >= 0.6 is 24.8 Å². The van der Waals surface area contributed by atoms with Gasteiger partial charge in [-0.1, -0.05) is 43.3 Å². The van der Waals surface area contributed by atoms with Crippen LogP contribution in [0.25, 0.3) is 11.4 Å². The molecule has 0 amide bonds. The minimum atomic E-state index is -0.227. The molecule has 5 nitrogen and oxygen atoms in total. The molecule has 7 heteroatoms. The number of aromatic nitrogens is 2. The Morgan fingerprint density at radius 1 is 1.15 bits per heavy atom. The molecule has 0 saturated heterocycles. The van der Waals surface area contributed by atoms with Crippen LogP contribution in [-0.4, -0.2) is 10.1 Å². The number of nitrogens with two attached hydrogens (primary N) is 2. The SMILES string of the molecule is CC(C)C(N)c1nc(-c2ccc(CN)cc2)no1.Cl.Cl. The van der Waals surface area contributed by atoms with Gasteiger partial charge in [0.05, 0.1) is 6.04 Å². The standard InChI is InChI=1S/C13H18N4O.2ClH/c1-8(2)11(15)13-16-12(17-18-13)10-5-3-9(7-14)4-6-10;;/h3-6,8,11H,7,14-15H2,1-2H3;2*1H. The van der Waals surface area contributed by atoms with Crippen molar-refractivity contribution >= 4 is 24.8 Å². The summed E-state index contributed by atoms with van der Waals surface area (Å²) in [6.07, 6.45) is 0. The van der Waals surface area contributed by atoms with Crippen molar-refractivity contribution in [2.45, 2.75) is 26.4 Å². The van der Waals surface area contributed by atoms with Crippen LogP contribution in [-0.2, 0) is 6.54 Å². The Hall–Kier alpha value is -1.14. The van der Waals surface area contributed by atoms with Crippen molar-refractivity contribution in [3.05, 3.63) is 35.7 Å². The fourth-order valence-electron chi connectivity index (χ4n) is 1.56. The van der Waals surface area contributed by atoms with Crippen LogP contribution < -0.4 is 11.5 Å². The van der Waals surface area contributed by atoms with Crippen molar-refractivity contribution in [3.8, 4) is 11.4 Å². The van der Waals surface area contributed by atoms with Gasteiger partial charge in [-0.2, -0.15) is 4.98 Å². The lowest BCUT2D eigenvalue weighted by atomic mass is 10.1. The molecular weight excluding hydrogens is 299 g/mol. The highest BCUT2D eigenvalue weighted by atomic mass is 35.5. The predicted molar refractivity (Wildman–Crippen MR) is 83.9 cm³/mol. The van der Waals surface area contributed by atoms with Gasteiger partial charge in [-0.25, -0.2) is 0 Å². The van der Waals surface area contributed by atoms with E-state index < -0.39 is 0 Å². The smallest absolute Gasteiger partial charge is 0.244 e. The monoisotopic (exact) mass is 318 g/mol. The molecule has 0 aliphatic heterocycles. The van der Waals surface area contributed by atoms with Gasteiger partial charge in [-0.15, -0.1) is 24.8 Å². The molecule has 0 radical (unpaired) electrons. The fourth-order valence-corrected chi connectivity index (χ4v) is 1.56. The third-order valence-corrected chi connectivity index (χ3v) is 2.89. The van der Waals surface area contributed by atoms with Crippen LogP contribution in [0.1, 0.15) is 31.3 Å². The van der Waals surface area contributed by atoms with Crippen molar-refractivity contribution in [2.75, 3.05) is 0 Å². The average Bonchev–Trinajstić information content (AvgIpc) is 2.87. The Morgan fingerprint density at radius 2 is 1.75 bits per heavy atom. The summed E-state index contributed by atoms with van der Waals surface area (Å²) in [5.74, 6) is 1.30. The zero-order valence-corrected chi connectivity index (χ0v) is 13.1. The highest BCUT2D eigenvalue weighted by Gasteiger charge is 2.18. The summed E-state index contributed by atoms with van der Waals surface area (Å²) in [5, 5.41) is 3.95. The second-order valence-electron chi connectivity index (χ2n) is 4.63. The summed E-state index contributed by atoms with van der Waals surface area (Å²) in [6.45, 7) is 4.56. The minimum absolute atomic E-state index is 0. The summed E-state index contributed by atoms with van der Waals surface area (Å²) in [5.41, 5.74) is 13.5. The molecule has 112 valence electrons. The predicted octanol–water partition coefficient (Wildman–Crippen LogP) is 2.69. The molecule has 1 atom stereocenters. The van der Waals surface area contributed by atoms with Gasteiger partial charge in [-0.05, 0) is 11.5 Å². The van der Waals surface area contributed by atoms with Gasteiger partial charge in [0.25, 0.3) is 0 Å². The highest BCUT2D eigenvalue weighted by Crippen LogP contribution is 2.21. The minimum Gasteiger partial charge on any atom is -0.337 e. The van der Waals surface area contributed by atoms with Gasteiger partial charge in [0, 0.05) is 12.1 Å². The summed E-state index contributed by atoms with van der Waals surface area (Å²) < 4.78 is 5.19. The molecule has 2 rings (SSSR count). The van der Waals surface area contributed by atoms with Gasteiger partial charge >= 0.3 is 0 Å².